The Morgan fingerprint density at radius 1 is 1.39 bits per heavy atom. The van der Waals surface area contributed by atoms with Gasteiger partial charge in [0.15, 0.2) is 4.90 Å². The second-order valence-electron chi connectivity index (χ2n) is 4.66. The highest BCUT2D eigenvalue weighted by Gasteiger charge is 2.26. The number of nitrogens with zero attached hydrogens (tertiary/aromatic N) is 2. The number of rotatable bonds is 6. The van der Waals surface area contributed by atoms with Crippen molar-refractivity contribution in [2.24, 2.45) is 0 Å². The van der Waals surface area contributed by atoms with Crippen LogP contribution < -0.4 is 9.46 Å². The summed E-state index contributed by atoms with van der Waals surface area (Å²) < 4.78 is 37.0. The van der Waals surface area contributed by atoms with Gasteiger partial charge in [0, 0.05) is 0 Å². The van der Waals surface area contributed by atoms with Gasteiger partial charge in [-0.2, -0.15) is 0 Å². The van der Waals surface area contributed by atoms with E-state index < -0.39 is 25.5 Å². The minimum absolute atomic E-state index is 0.180. The van der Waals surface area contributed by atoms with Crippen LogP contribution in [0.1, 0.15) is 17.3 Å². The molecular formula is C13H15N3O6S. The average molecular weight is 341 g/mol. The van der Waals surface area contributed by atoms with Crippen LogP contribution in [0, 0.1) is 24.0 Å². The molecule has 9 nitrogen and oxygen atoms in total. The van der Waals surface area contributed by atoms with Crippen LogP contribution >= 0.6 is 0 Å². The Morgan fingerprint density at radius 2 is 2.09 bits per heavy atom. The van der Waals surface area contributed by atoms with E-state index in [2.05, 4.69) is 9.71 Å². The molecule has 23 heavy (non-hydrogen) atoms. The van der Waals surface area contributed by atoms with Crippen LogP contribution in [0.5, 0.6) is 5.75 Å². The van der Waals surface area contributed by atoms with Gasteiger partial charge in [0.25, 0.3) is 5.69 Å². The van der Waals surface area contributed by atoms with Gasteiger partial charge in [-0.15, -0.1) is 0 Å². The summed E-state index contributed by atoms with van der Waals surface area (Å²) in [6.45, 7) is 3.22. The highest BCUT2D eigenvalue weighted by molar-refractivity contribution is 7.89. The summed E-state index contributed by atoms with van der Waals surface area (Å²) in [6.07, 6.45) is 0. The van der Waals surface area contributed by atoms with Crippen LogP contribution in [0.4, 0.5) is 5.69 Å². The molecule has 0 fully saturated rings. The van der Waals surface area contributed by atoms with Crippen LogP contribution in [0.2, 0.25) is 0 Å². The average Bonchev–Trinajstić information content (AvgIpc) is 2.83. The van der Waals surface area contributed by atoms with Gasteiger partial charge in [0.1, 0.15) is 11.5 Å². The Hall–Kier alpha value is -2.46. The fourth-order valence-electron chi connectivity index (χ4n) is 1.84. The van der Waals surface area contributed by atoms with Gasteiger partial charge >= 0.3 is 0 Å². The number of oxazole rings is 1. The monoisotopic (exact) mass is 341 g/mol. The first-order valence-electron chi connectivity index (χ1n) is 6.49. The van der Waals surface area contributed by atoms with Gasteiger partial charge in [0.05, 0.1) is 30.3 Å². The molecule has 0 aliphatic heterocycles. The Morgan fingerprint density at radius 3 is 2.61 bits per heavy atom. The van der Waals surface area contributed by atoms with E-state index in [-0.39, 0.29) is 18.2 Å². The van der Waals surface area contributed by atoms with E-state index in [1.165, 1.54) is 13.2 Å². The molecule has 0 amide bonds. The number of hydrogen-bond donors (Lipinski definition) is 1. The van der Waals surface area contributed by atoms with Crippen molar-refractivity contribution in [2.75, 3.05) is 7.11 Å². The lowest BCUT2D eigenvalue weighted by Gasteiger charge is -2.07. The summed E-state index contributed by atoms with van der Waals surface area (Å²) in [5.74, 6) is 0.948. The third-order valence-corrected chi connectivity index (χ3v) is 4.59. The van der Waals surface area contributed by atoms with E-state index in [4.69, 9.17) is 9.15 Å². The molecule has 0 saturated carbocycles. The van der Waals surface area contributed by atoms with E-state index >= 15 is 0 Å². The number of hydrogen-bond acceptors (Lipinski definition) is 7. The molecule has 0 saturated heterocycles. The van der Waals surface area contributed by atoms with E-state index in [1.807, 2.05) is 0 Å². The number of nitro groups is 1. The van der Waals surface area contributed by atoms with Gasteiger partial charge in [-0.25, -0.2) is 18.1 Å². The third-order valence-electron chi connectivity index (χ3n) is 3.14. The second kappa shape index (κ2) is 6.34. The van der Waals surface area contributed by atoms with Crippen LogP contribution in [-0.2, 0) is 16.6 Å². The number of benzene rings is 1. The van der Waals surface area contributed by atoms with E-state index in [1.54, 1.807) is 13.8 Å². The minimum atomic E-state index is -4.11. The molecule has 1 aromatic heterocycles. The molecule has 0 radical (unpaired) electrons. The molecule has 124 valence electrons. The van der Waals surface area contributed by atoms with Crippen molar-refractivity contribution in [2.45, 2.75) is 25.3 Å². The lowest BCUT2D eigenvalue weighted by atomic mass is 10.3. The summed E-state index contributed by atoms with van der Waals surface area (Å²) in [5, 5.41) is 11.1. The molecule has 1 heterocycles. The standard InChI is InChI=1S/C13H15N3O6S/c1-8-9(2)22-13(15-8)7-14-23(19,20)12-5-4-10(21-3)6-11(12)16(17)18/h4-6,14H,7H2,1-3H3. The van der Waals surface area contributed by atoms with E-state index in [0.717, 1.165) is 12.1 Å². The molecule has 10 heteroatoms. The van der Waals surface area contributed by atoms with Crippen molar-refractivity contribution in [1.29, 1.82) is 0 Å². The maximum atomic E-state index is 12.3. The van der Waals surface area contributed by atoms with Crippen molar-refractivity contribution in [1.82, 2.24) is 9.71 Å². The Labute approximate surface area is 132 Å². The fourth-order valence-corrected chi connectivity index (χ4v) is 2.97. The van der Waals surface area contributed by atoms with Gasteiger partial charge < -0.3 is 9.15 Å². The zero-order valence-electron chi connectivity index (χ0n) is 12.7. The summed E-state index contributed by atoms with van der Waals surface area (Å²) in [7, 11) is -2.78. The summed E-state index contributed by atoms with van der Waals surface area (Å²) in [4.78, 5) is 13.9. The normalized spacial score (nSPS) is 11.4. The first-order valence-corrected chi connectivity index (χ1v) is 7.98. The number of methoxy groups -OCH3 is 1. The van der Waals surface area contributed by atoms with Gasteiger partial charge in [-0.1, -0.05) is 0 Å². The van der Waals surface area contributed by atoms with Crippen LogP contribution in [-0.4, -0.2) is 25.4 Å². The number of ether oxygens (including phenoxy) is 1. The summed E-state index contributed by atoms with van der Waals surface area (Å²) >= 11 is 0. The zero-order chi connectivity index (χ0) is 17.2. The van der Waals surface area contributed by atoms with Crippen LogP contribution in [0.25, 0.3) is 0 Å². The molecule has 1 N–H and O–H groups in total. The molecule has 0 atom stereocenters. The van der Waals surface area contributed by atoms with Crippen molar-refractivity contribution in [3.63, 3.8) is 0 Å². The third kappa shape index (κ3) is 3.66. The zero-order valence-corrected chi connectivity index (χ0v) is 13.5. The molecule has 0 aliphatic rings. The highest BCUT2D eigenvalue weighted by atomic mass is 32.2. The first kappa shape index (κ1) is 16.9. The topological polar surface area (TPSA) is 125 Å². The van der Waals surface area contributed by atoms with E-state index in [9.17, 15) is 18.5 Å². The van der Waals surface area contributed by atoms with Crippen LogP contribution in [0.3, 0.4) is 0 Å². The Bertz CT molecular complexity index is 824. The molecule has 1 aromatic carbocycles. The van der Waals surface area contributed by atoms with Crippen molar-refractivity contribution < 1.29 is 22.5 Å². The molecule has 2 aromatic rings. The van der Waals surface area contributed by atoms with Gasteiger partial charge in [-0.3, -0.25) is 10.1 Å². The molecule has 0 bridgehead atoms. The molecule has 0 unspecified atom stereocenters. The molecule has 2 rings (SSSR count). The number of sulfonamides is 1. The maximum Gasteiger partial charge on any atom is 0.293 e. The quantitative estimate of drug-likeness (QED) is 0.626. The van der Waals surface area contributed by atoms with Gasteiger partial charge in [0.2, 0.25) is 15.9 Å². The Kier molecular flexibility index (Phi) is 4.66. The second-order valence-corrected chi connectivity index (χ2v) is 6.40. The lowest BCUT2D eigenvalue weighted by Crippen LogP contribution is -2.24. The largest absolute Gasteiger partial charge is 0.497 e. The summed E-state index contributed by atoms with van der Waals surface area (Å²) in [6, 6.07) is 3.50. The fraction of sp³-hybridized carbons (Fsp3) is 0.308. The number of aromatic nitrogens is 1. The number of aryl methyl sites for hydroxylation is 2. The van der Waals surface area contributed by atoms with Crippen molar-refractivity contribution in [3.05, 3.63) is 45.7 Å². The van der Waals surface area contributed by atoms with Crippen LogP contribution in [0.15, 0.2) is 27.5 Å². The number of nitro benzene ring substituents is 1. The smallest absolute Gasteiger partial charge is 0.293 e. The van der Waals surface area contributed by atoms with E-state index in [0.29, 0.717) is 11.5 Å². The van der Waals surface area contributed by atoms with Gasteiger partial charge in [-0.05, 0) is 26.0 Å². The predicted octanol–water partition coefficient (Wildman–Crippen LogP) is 1.69. The maximum absolute atomic E-state index is 12.3. The van der Waals surface area contributed by atoms with Crippen molar-refractivity contribution in [3.8, 4) is 5.75 Å². The summed E-state index contributed by atoms with van der Waals surface area (Å²) in [5.41, 5.74) is 0.0752. The molecular weight excluding hydrogens is 326 g/mol. The molecule has 0 spiro atoms. The molecule has 0 aliphatic carbocycles. The Balaban J connectivity index is 2.30. The lowest BCUT2D eigenvalue weighted by molar-refractivity contribution is -0.387. The minimum Gasteiger partial charge on any atom is -0.497 e. The highest BCUT2D eigenvalue weighted by Crippen LogP contribution is 2.28. The predicted molar refractivity (Wildman–Crippen MR) is 79.7 cm³/mol. The van der Waals surface area contributed by atoms with Crippen molar-refractivity contribution >= 4 is 15.7 Å². The SMILES string of the molecule is COc1ccc(S(=O)(=O)NCc2nc(C)c(C)o2)c([N+](=O)[O-])c1. The number of nitrogens with one attached hydrogen (secondary N) is 1. The first-order chi connectivity index (χ1) is 10.7.